The van der Waals surface area contributed by atoms with E-state index in [1.165, 1.54) is 0 Å². The van der Waals surface area contributed by atoms with Crippen LogP contribution in [0.5, 0.6) is 0 Å². The van der Waals surface area contributed by atoms with Crippen molar-refractivity contribution in [2.45, 2.75) is 19.3 Å². The lowest BCUT2D eigenvalue weighted by Gasteiger charge is -1.91. The van der Waals surface area contributed by atoms with Gasteiger partial charge in [0.1, 0.15) is 0 Å². The summed E-state index contributed by atoms with van der Waals surface area (Å²) in [6.07, 6.45) is -0.291. The molecule has 0 amide bonds. The molecule has 0 rings (SSSR count). The van der Waals surface area contributed by atoms with Crippen molar-refractivity contribution >= 4 is 17.7 Å². The van der Waals surface area contributed by atoms with Crippen LogP contribution in [0.25, 0.3) is 0 Å². The van der Waals surface area contributed by atoms with Crippen LogP contribution in [0.2, 0.25) is 0 Å². The fourth-order valence-corrected chi connectivity index (χ4v) is 0.507. The lowest BCUT2D eigenvalue weighted by Crippen LogP contribution is -2.12. The zero-order chi connectivity index (χ0) is 8.85. The van der Waals surface area contributed by atoms with Gasteiger partial charge in [-0.2, -0.15) is 0 Å². The van der Waals surface area contributed by atoms with Gasteiger partial charge in [-0.15, -0.1) is 0 Å². The molecule has 0 aromatic heterocycles. The molecule has 0 unspecified atom stereocenters. The molecule has 0 aliphatic heterocycles. The van der Waals surface area contributed by atoms with E-state index in [1.807, 2.05) is 0 Å². The third-order valence-electron chi connectivity index (χ3n) is 1.03. The summed E-state index contributed by atoms with van der Waals surface area (Å²) in [5, 5.41) is 16.2. The summed E-state index contributed by atoms with van der Waals surface area (Å²) < 4.78 is 0. The molecule has 0 saturated carbocycles. The predicted molar refractivity (Wildman–Crippen MR) is 34.1 cm³/mol. The van der Waals surface area contributed by atoms with Crippen molar-refractivity contribution in [2.75, 3.05) is 0 Å². The number of carbonyl (C=O) groups is 3. The minimum Gasteiger partial charge on any atom is -0.481 e. The second-order valence-electron chi connectivity index (χ2n) is 1.98. The third kappa shape index (κ3) is 5.07. The maximum atomic E-state index is 10.3. The highest BCUT2D eigenvalue weighted by molar-refractivity contribution is 6.32. The summed E-state index contributed by atoms with van der Waals surface area (Å²) in [4.78, 5) is 30.1. The molecule has 0 radical (unpaired) electrons. The minimum atomic E-state index is -1.50. The van der Waals surface area contributed by atoms with E-state index in [4.69, 9.17) is 10.2 Å². The highest BCUT2D eigenvalue weighted by Crippen LogP contribution is 1.95. The SMILES string of the molecule is O=C(O)CCCC(=O)C(=O)O. The molecule has 62 valence electrons. The standard InChI is InChI=1S/C6H8O5/c7-4(6(10)11)2-1-3-5(8)9/h1-3H2,(H,8,9)(H,10,11). The first-order valence-electron chi connectivity index (χ1n) is 3.02. The molecule has 2 N–H and O–H groups in total. The van der Waals surface area contributed by atoms with Crippen LogP contribution in [-0.2, 0) is 14.4 Å². The summed E-state index contributed by atoms with van der Waals surface area (Å²) in [7, 11) is 0. The van der Waals surface area contributed by atoms with Crippen molar-refractivity contribution in [3.63, 3.8) is 0 Å². The van der Waals surface area contributed by atoms with Gasteiger partial charge in [0.25, 0.3) is 0 Å². The van der Waals surface area contributed by atoms with Gasteiger partial charge in [0.05, 0.1) is 0 Å². The average molecular weight is 160 g/mol. The van der Waals surface area contributed by atoms with Gasteiger partial charge >= 0.3 is 11.9 Å². The molecule has 0 bridgehead atoms. The summed E-state index contributed by atoms with van der Waals surface area (Å²) in [6.45, 7) is 0. The summed E-state index contributed by atoms with van der Waals surface area (Å²) >= 11 is 0. The smallest absolute Gasteiger partial charge is 0.372 e. The molecule has 0 aromatic carbocycles. The Kier molecular flexibility index (Phi) is 3.87. The van der Waals surface area contributed by atoms with Crippen LogP contribution in [0.15, 0.2) is 0 Å². The minimum absolute atomic E-state index is 0.0838. The van der Waals surface area contributed by atoms with Gasteiger partial charge in [0.15, 0.2) is 0 Å². The number of carboxylic acid groups (broad SMARTS) is 2. The number of ketones is 1. The van der Waals surface area contributed by atoms with E-state index >= 15 is 0 Å². The van der Waals surface area contributed by atoms with Crippen molar-refractivity contribution in [3.05, 3.63) is 0 Å². The quantitative estimate of drug-likeness (QED) is 0.547. The van der Waals surface area contributed by atoms with E-state index < -0.39 is 17.7 Å². The Balaban J connectivity index is 3.47. The average Bonchev–Trinajstić information content (AvgIpc) is 1.86. The van der Waals surface area contributed by atoms with Crippen LogP contribution in [0.3, 0.4) is 0 Å². The fraction of sp³-hybridized carbons (Fsp3) is 0.500. The van der Waals surface area contributed by atoms with Gasteiger partial charge in [-0.05, 0) is 6.42 Å². The monoisotopic (exact) mass is 160 g/mol. The Hall–Kier alpha value is -1.39. The molecule has 0 atom stereocenters. The van der Waals surface area contributed by atoms with Crippen molar-refractivity contribution < 1.29 is 24.6 Å². The molecule has 5 nitrogen and oxygen atoms in total. The largest absolute Gasteiger partial charge is 0.481 e. The molecule has 0 heterocycles. The number of hydrogen-bond acceptors (Lipinski definition) is 3. The zero-order valence-corrected chi connectivity index (χ0v) is 5.74. The maximum absolute atomic E-state index is 10.3. The summed E-state index contributed by atoms with van der Waals surface area (Å²) in [5.74, 6) is -3.47. The zero-order valence-electron chi connectivity index (χ0n) is 5.74. The Morgan fingerprint density at radius 3 is 1.91 bits per heavy atom. The first kappa shape index (κ1) is 9.61. The van der Waals surface area contributed by atoms with Crippen LogP contribution in [0.4, 0.5) is 0 Å². The van der Waals surface area contributed by atoms with Gasteiger partial charge in [0, 0.05) is 12.8 Å². The second kappa shape index (κ2) is 4.43. The van der Waals surface area contributed by atoms with E-state index in [2.05, 4.69) is 0 Å². The molecular weight excluding hydrogens is 152 g/mol. The lowest BCUT2D eigenvalue weighted by molar-refractivity contribution is -0.149. The highest BCUT2D eigenvalue weighted by Gasteiger charge is 2.10. The van der Waals surface area contributed by atoms with Crippen LogP contribution in [-0.4, -0.2) is 27.9 Å². The molecule has 0 aliphatic rings. The van der Waals surface area contributed by atoms with Gasteiger partial charge < -0.3 is 10.2 Å². The highest BCUT2D eigenvalue weighted by atomic mass is 16.4. The first-order chi connectivity index (χ1) is 5.04. The number of hydrogen-bond donors (Lipinski definition) is 2. The van der Waals surface area contributed by atoms with Crippen molar-refractivity contribution in [1.82, 2.24) is 0 Å². The van der Waals surface area contributed by atoms with E-state index in [0.29, 0.717) is 0 Å². The molecule has 0 saturated heterocycles. The van der Waals surface area contributed by atoms with Crippen molar-refractivity contribution in [1.29, 1.82) is 0 Å². The maximum Gasteiger partial charge on any atom is 0.372 e. The number of Topliss-reactive ketones (excluding diaryl/α,β-unsaturated/α-hetero) is 1. The Morgan fingerprint density at radius 1 is 1.00 bits per heavy atom. The normalized spacial score (nSPS) is 9.09. The fourth-order valence-electron chi connectivity index (χ4n) is 0.507. The van der Waals surface area contributed by atoms with Gasteiger partial charge in [-0.3, -0.25) is 9.59 Å². The molecular formula is C6H8O5. The number of rotatable bonds is 5. The topological polar surface area (TPSA) is 91.7 Å². The Bertz CT molecular complexity index is 183. The van der Waals surface area contributed by atoms with Gasteiger partial charge in [-0.25, -0.2) is 4.79 Å². The summed E-state index contributed by atoms with van der Waals surface area (Å²) in [6, 6.07) is 0. The summed E-state index contributed by atoms with van der Waals surface area (Å²) in [5.41, 5.74) is 0. The Labute approximate surface area is 62.6 Å². The van der Waals surface area contributed by atoms with Crippen molar-refractivity contribution in [3.8, 4) is 0 Å². The second-order valence-corrected chi connectivity index (χ2v) is 1.98. The lowest BCUT2D eigenvalue weighted by atomic mass is 10.2. The molecule has 11 heavy (non-hydrogen) atoms. The molecule has 0 spiro atoms. The number of aliphatic carboxylic acids is 2. The first-order valence-corrected chi connectivity index (χ1v) is 3.02. The third-order valence-corrected chi connectivity index (χ3v) is 1.03. The van der Waals surface area contributed by atoms with E-state index in [1.54, 1.807) is 0 Å². The molecule has 0 aromatic rings. The predicted octanol–water partition coefficient (Wildman–Crippen LogP) is -0.105. The van der Waals surface area contributed by atoms with E-state index in [0.717, 1.165) is 0 Å². The van der Waals surface area contributed by atoms with Gasteiger partial charge in [0.2, 0.25) is 5.78 Å². The number of carboxylic acids is 2. The van der Waals surface area contributed by atoms with Gasteiger partial charge in [-0.1, -0.05) is 0 Å². The van der Waals surface area contributed by atoms with Crippen LogP contribution < -0.4 is 0 Å². The Morgan fingerprint density at radius 2 is 1.55 bits per heavy atom. The van der Waals surface area contributed by atoms with Crippen LogP contribution in [0, 0.1) is 0 Å². The van der Waals surface area contributed by atoms with Crippen molar-refractivity contribution in [2.24, 2.45) is 0 Å². The van der Waals surface area contributed by atoms with Crippen LogP contribution >= 0.6 is 0 Å². The molecule has 5 heteroatoms. The van der Waals surface area contributed by atoms with E-state index in [-0.39, 0.29) is 19.3 Å². The number of carbonyl (C=O) groups excluding carboxylic acids is 1. The molecule has 0 fully saturated rings. The van der Waals surface area contributed by atoms with E-state index in [9.17, 15) is 14.4 Å². The van der Waals surface area contributed by atoms with Crippen LogP contribution in [0.1, 0.15) is 19.3 Å². The molecule has 0 aliphatic carbocycles.